The molecule has 1 unspecified atom stereocenters. The van der Waals surface area contributed by atoms with E-state index in [2.05, 4.69) is 5.32 Å². The number of fused-ring (bicyclic) bond motifs is 1. The predicted octanol–water partition coefficient (Wildman–Crippen LogP) is 0.127. The molecule has 2 N–H and O–H groups in total. The molecule has 0 radical (unpaired) electrons. The third-order valence-corrected chi connectivity index (χ3v) is 2.89. The van der Waals surface area contributed by atoms with Crippen LogP contribution in [-0.2, 0) is 4.79 Å². The van der Waals surface area contributed by atoms with E-state index >= 15 is 0 Å². The Kier molecular flexibility index (Phi) is 4.24. The van der Waals surface area contributed by atoms with E-state index in [-0.39, 0.29) is 19.2 Å². The lowest BCUT2D eigenvalue weighted by molar-refractivity contribution is -0.127. The zero-order valence-electron chi connectivity index (χ0n) is 11.0. The summed E-state index contributed by atoms with van der Waals surface area (Å²) < 4.78 is 10.5. The Morgan fingerprint density at radius 3 is 2.89 bits per heavy atom. The number of hydrogen-bond acceptors (Lipinski definition) is 5. The van der Waals surface area contributed by atoms with Crippen molar-refractivity contribution in [3.8, 4) is 11.5 Å². The lowest BCUT2D eigenvalue weighted by Crippen LogP contribution is -2.34. The second-order valence-electron chi connectivity index (χ2n) is 4.55. The molecule has 1 amide bonds. The second-order valence-corrected chi connectivity index (χ2v) is 4.55. The normalized spacial score (nSPS) is 14.3. The molecule has 1 atom stereocenters. The van der Waals surface area contributed by atoms with Gasteiger partial charge in [-0.15, -0.1) is 0 Å². The monoisotopic (exact) mass is 266 g/mol. The first-order chi connectivity index (χ1) is 9.08. The average Bonchev–Trinajstić information content (AvgIpc) is 2.85. The fourth-order valence-corrected chi connectivity index (χ4v) is 1.71. The molecule has 19 heavy (non-hydrogen) atoms. The van der Waals surface area contributed by atoms with Crippen LogP contribution in [0.2, 0.25) is 0 Å². The van der Waals surface area contributed by atoms with Gasteiger partial charge in [-0.25, -0.2) is 0 Å². The molecule has 1 aromatic carbocycles. The van der Waals surface area contributed by atoms with Crippen LogP contribution in [0, 0.1) is 0 Å². The second kappa shape index (κ2) is 5.90. The van der Waals surface area contributed by atoms with Crippen LogP contribution in [0.4, 0.5) is 0 Å². The molecule has 1 aliphatic heterocycles. The number of benzene rings is 1. The molecular weight excluding hydrogens is 248 g/mol. The highest BCUT2D eigenvalue weighted by molar-refractivity contribution is 5.77. The van der Waals surface area contributed by atoms with Gasteiger partial charge in [-0.05, 0) is 17.7 Å². The van der Waals surface area contributed by atoms with Crippen molar-refractivity contribution in [1.82, 2.24) is 10.2 Å². The summed E-state index contributed by atoms with van der Waals surface area (Å²) in [6.45, 7) is 0.721. The number of nitrogens with zero attached hydrogens (tertiary/aromatic N) is 1. The van der Waals surface area contributed by atoms with Gasteiger partial charge in [-0.2, -0.15) is 0 Å². The first-order valence-electron chi connectivity index (χ1n) is 6.06. The van der Waals surface area contributed by atoms with Crippen LogP contribution >= 0.6 is 0 Å². The number of likely N-dealkylation sites (N-methyl/N-ethyl adjacent to an activating group) is 1. The molecular formula is C13H18N2O4. The van der Waals surface area contributed by atoms with Gasteiger partial charge in [0, 0.05) is 20.6 Å². The van der Waals surface area contributed by atoms with Crippen molar-refractivity contribution in [1.29, 1.82) is 0 Å². The van der Waals surface area contributed by atoms with E-state index < -0.39 is 6.10 Å². The summed E-state index contributed by atoms with van der Waals surface area (Å²) in [6, 6.07) is 5.31. The zero-order chi connectivity index (χ0) is 13.8. The van der Waals surface area contributed by atoms with E-state index in [1.165, 1.54) is 4.90 Å². The van der Waals surface area contributed by atoms with Crippen molar-refractivity contribution in [2.45, 2.75) is 6.10 Å². The topological polar surface area (TPSA) is 71.0 Å². The molecule has 0 aliphatic carbocycles. The maximum absolute atomic E-state index is 11.4. The number of nitrogens with one attached hydrogen (secondary N) is 1. The van der Waals surface area contributed by atoms with Crippen LogP contribution in [0.1, 0.15) is 11.7 Å². The van der Waals surface area contributed by atoms with E-state index in [4.69, 9.17) is 9.47 Å². The number of carbonyl (C=O) groups excluding carboxylic acids is 1. The molecule has 0 saturated carbocycles. The standard InChI is InChI=1S/C13H18N2O4/c1-15(2)13(17)7-14-6-10(16)9-3-4-11-12(5-9)19-8-18-11/h3-5,10,14,16H,6-8H2,1-2H3. The summed E-state index contributed by atoms with van der Waals surface area (Å²) in [4.78, 5) is 12.9. The maximum atomic E-state index is 11.4. The molecule has 0 fully saturated rings. The summed E-state index contributed by atoms with van der Waals surface area (Å²) in [5, 5.41) is 12.9. The summed E-state index contributed by atoms with van der Waals surface area (Å²) in [5.41, 5.74) is 0.731. The van der Waals surface area contributed by atoms with Crippen molar-refractivity contribution in [3.63, 3.8) is 0 Å². The average molecular weight is 266 g/mol. The van der Waals surface area contributed by atoms with Crippen molar-refractivity contribution in [2.24, 2.45) is 0 Å². The molecule has 6 nitrogen and oxygen atoms in total. The smallest absolute Gasteiger partial charge is 0.236 e. The molecule has 104 valence electrons. The highest BCUT2D eigenvalue weighted by Crippen LogP contribution is 2.33. The number of aliphatic hydroxyl groups excluding tert-OH is 1. The van der Waals surface area contributed by atoms with Gasteiger partial charge in [-0.1, -0.05) is 6.07 Å². The fourth-order valence-electron chi connectivity index (χ4n) is 1.71. The van der Waals surface area contributed by atoms with E-state index in [0.29, 0.717) is 18.0 Å². The number of carbonyl (C=O) groups is 1. The largest absolute Gasteiger partial charge is 0.454 e. The SMILES string of the molecule is CN(C)C(=O)CNCC(O)c1ccc2c(c1)OCO2. The zero-order valence-corrected chi connectivity index (χ0v) is 11.0. The predicted molar refractivity (Wildman–Crippen MR) is 69.1 cm³/mol. The van der Waals surface area contributed by atoms with Crippen LogP contribution in [0.15, 0.2) is 18.2 Å². The van der Waals surface area contributed by atoms with Gasteiger partial charge in [0.25, 0.3) is 0 Å². The lowest BCUT2D eigenvalue weighted by atomic mass is 10.1. The summed E-state index contributed by atoms with van der Waals surface area (Å²) in [7, 11) is 3.39. The Balaban J connectivity index is 1.86. The van der Waals surface area contributed by atoms with Gasteiger partial charge in [0.15, 0.2) is 11.5 Å². The Bertz CT molecular complexity index is 462. The van der Waals surface area contributed by atoms with Crippen molar-refractivity contribution in [2.75, 3.05) is 34.0 Å². The third kappa shape index (κ3) is 3.36. The van der Waals surface area contributed by atoms with E-state index in [9.17, 15) is 9.90 Å². The van der Waals surface area contributed by atoms with Gasteiger partial charge in [0.05, 0.1) is 12.6 Å². The van der Waals surface area contributed by atoms with Crippen molar-refractivity contribution < 1.29 is 19.4 Å². The number of rotatable bonds is 5. The number of hydrogen-bond donors (Lipinski definition) is 2. The van der Waals surface area contributed by atoms with Crippen molar-refractivity contribution >= 4 is 5.91 Å². The van der Waals surface area contributed by atoms with E-state index in [1.54, 1.807) is 32.3 Å². The number of ether oxygens (including phenoxy) is 2. The molecule has 1 heterocycles. The Hall–Kier alpha value is -1.79. The van der Waals surface area contributed by atoms with Gasteiger partial charge >= 0.3 is 0 Å². The highest BCUT2D eigenvalue weighted by Gasteiger charge is 2.16. The fraction of sp³-hybridized carbons (Fsp3) is 0.462. The van der Waals surface area contributed by atoms with Gasteiger partial charge in [0.1, 0.15) is 0 Å². The molecule has 1 aliphatic rings. The molecule has 0 bridgehead atoms. The minimum atomic E-state index is -0.690. The summed E-state index contributed by atoms with van der Waals surface area (Å²) in [5.74, 6) is 1.30. The van der Waals surface area contributed by atoms with Gasteiger partial charge in [0.2, 0.25) is 12.7 Å². The number of aliphatic hydroxyl groups is 1. The van der Waals surface area contributed by atoms with Crippen LogP contribution < -0.4 is 14.8 Å². The Labute approximate surface area is 111 Å². The quantitative estimate of drug-likeness (QED) is 0.792. The molecule has 0 aromatic heterocycles. The lowest BCUT2D eigenvalue weighted by Gasteiger charge is -2.14. The minimum absolute atomic E-state index is 0.0297. The molecule has 0 spiro atoms. The van der Waals surface area contributed by atoms with Crippen LogP contribution in [0.3, 0.4) is 0 Å². The first kappa shape index (κ1) is 13.6. The van der Waals surface area contributed by atoms with Crippen molar-refractivity contribution in [3.05, 3.63) is 23.8 Å². The van der Waals surface area contributed by atoms with Gasteiger partial charge in [-0.3, -0.25) is 4.79 Å². The van der Waals surface area contributed by atoms with Gasteiger partial charge < -0.3 is 24.8 Å². The highest BCUT2D eigenvalue weighted by atomic mass is 16.7. The van der Waals surface area contributed by atoms with E-state index in [1.807, 2.05) is 0 Å². The number of amides is 1. The van der Waals surface area contributed by atoms with Crippen LogP contribution in [0.5, 0.6) is 11.5 Å². The maximum Gasteiger partial charge on any atom is 0.236 e. The minimum Gasteiger partial charge on any atom is -0.454 e. The molecule has 0 saturated heterocycles. The van der Waals surface area contributed by atoms with Crippen LogP contribution in [-0.4, -0.2) is 49.9 Å². The first-order valence-corrected chi connectivity index (χ1v) is 6.06. The van der Waals surface area contributed by atoms with Crippen LogP contribution in [0.25, 0.3) is 0 Å². The molecule has 6 heteroatoms. The summed E-state index contributed by atoms with van der Waals surface area (Å²) >= 11 is 0. The third-order valence-electron chi connectivity index (χ3n) is 2.89. The molecule has 2 rings (SSSR count). The summed E-state index contributed by atoms with van der Waals surface area (Å²) in [6.07, 6.45) is -0.690. The molecule has 1 aromatic rings. The Morgan fingerprint density at radius 2 is 2.16 bits per heavy atom. The Morgan fingerprint density at radius 1 is 1.42 bits per heavy atom. The van der Waals surface area contributed by atoms with E-state index in [0.717, 1.165) is 5.56 Å².